The zero-order valence-electron chi connectivity index (χ0n) is 20.5. The molecule has 2 atom stereocenters. The molecule has 0 aliphatic carbocycles. The molecule has 3 aromatic carbocycles. The summed E-state index contributed by atoms with van der Waals surface area (Å²) in [5, 5.41) is 0.836. The number of benzene rings is 3. The highest BCUT2D eigenvalue weighted by Gasteiger charge is 2.53. The molecule has 3 heterocycles. The van der Waals surface area contributed by atoms with Crippen LogP contribution in [-0.4, -0.2) is 27.9 Å². The van der Waals surface area contributed by atoms with Crippen molar-refractivity contribution in [3.63, 3.8) is 0 Å². The number of anilines is 1. The molecule has 38 heavy (non-hydrogen) atoms. The van der Waals surface area contributed by atoms with Crippen LogP contribution in [0.2, 0.25) is 5.02 Å². The first-order valence-electron chi connectivity index (χ1n) is 12.3. The molecule has 3 amide bonds. The van der Waals surface area contributed by atoms with Gasteiger partial charge in [0.25, 0.3) is 5.91 Å². The van der Waals surface area contributed by atoms with Crippen LogP contribution in [0.25, 0.3) is 10.9 Å². The smallest absolute Gasteiger partial charge is 0.356 e. The normalized spacial score (nSPS) is 19.4. The van der Waals surface area contributed by atoms with E-state index in [1.807, 2.05) is 48.5 Å². The Morgan fingerprint density at radius 3 is 2.39 bits per heavy atom. The number of amides is 3. The SMILES string of the molecule is CC(C)c1ccc(C2c3[nH]c4ccccc4c3C[C@H]3C(=O)N(c4cc(C(F)(F)F)ccc4Cl)C(=O)N23)cc1. The van der Waals surface area contributed by atoms with Crippen LogP contribution in [-0.2, 0) is 17.4 Å². The quantitative estimate of drug-likeness (QED) is 0.276. The molecular weight excluding hydrogens is 515 g/mol. The number of H-pyrrole nitrogens is 1. The Balaban J connectivity index is 1.51. The molecular formula is C29H23ClF3N3O2. The van der Waals surface area contributed by atoms with Crippen molar-refractivity contribution in [1.29, 1.82) is 0 Å². The van der Waals surface area contributed by atoms with Crippen molar-refractivity contribution in [3.05, 3.63) is 99.7 Å². The third kappa shape index (κ3) is 3.69. The second-order valence-corrected chi connectivity index (χ2v) is 10.4. The van der Waals surface area contributed by atoms with Gasteiger partial charge >= 0.3 is 12.2 Å². The van der Waals surface area contributed by atoms with Gasteiger partial charge in [-0.15, -0.1) is 0 Å². The lowest BCUT2D eigenvalue weighted by Crippen LogP contribution is -2.44. The number of imide groups is 1. The maximum absolute atomic E-state index is 13.9. The maximum Gasteiger partial charge on any atom is 0.416 e. The minimum atomic E-state index is -4.66. The number of nitrogens with one attached hydrogen (secondary N) is 1. The molecule has 1 aromatic heterocycles. The summed E-state index contributed by atoms with van der Waals surface area (Å²) in [5.41, 5.74) is 3.26. The second-order valence-electron chi connectivity index (χ2n) is 10.0. The lowest BCUT2D eigenvalue weighted by Gasteiger charge is -2.36. The predicted octanol–water partition coefficient (Wildman–Crippen LogP) is 7.45. The summed E-state index contributed by atoms with van der Waals surface area (Å²) < 4.78 is 40.5. The van der Waals surface area contributed by atoms with Crippen LogP contribution >= 0.6 is 11.6 Å². The number of fused-ring (bicyclic) bond motifs is 4. The Hall–Kier alpha value is -3.78. The number of urea groups is 1. The van der Waals surface area contributed by atoms with Crippen LogP contribution in [0.1, 0.15) is 53.8 Å². The van der Waals surface area contributed by atoms with Crippen molar-refractivity contribution in [2.75, 3.05) is 4.90 Å². The highest BCUT2D eigenvalue weighted by atomic mass is 35.5. The van der Waals surface area contributed by atoms with Crippen molar-refractivity contribution in [1.82, 2.24) is 9.88 Å². The van der Waals surface area contributed by atoms with Gasteiger partial charge in [0.2, 0.25) is 0 Å². The highest BCUT2D eigenvalue weighted by Crippen LogP contribution is 2.46. The van der Waals surface area contributed by atoms with Crippen LogP contribution in [0.3, 0.4) is 0 Å². The van der Waals surface area contributed by atoms with E-state index < -0.39 is 35.8 Å². The largest absolute Gasteiger partial charge is 0.416 e. The Morgan fingerprint density at radius 2 is 1.71 bits per heavy atom. The molecule has 0 saturated carbocycles. The van der Waals surface area contributed by atoms with Gasteiger partial charge in [0.15, 0.2) is 0 Å². The molecule has 2 aliphatic rings. The topological polar surface area (TPSA) is 56.4 Å². The number of alkyl halides is 3. The zero-order valence-corrected chi connectivity index (χ0v) is 21.3. The summed E-state index contributed by atoms with van der Waals surface area (Å²) in [4.78, 5) is 33.4. The van der Waals surface area contributed by atoms with Crippen molar-refractivity contribution in [2.45, 2.75) is 44.4 Å². The van der Waals surface area contributed by atoms with Gasteiger partial charge in [-0.05, 0) is 46.9 Å². The lowest BCUT2D eigenvalue weighted by molar-refractivity contribution is -0.137. The zero-order chi connectivity index (χ0) is 26.9. The molecule has 6 rings (SSSR count). The van der Waals surface area contributed by atoms with Crippen LogP contribution in [0.15, 0.2) is 66.7 Å². The fraction of sp³-hybridized carbons (Fsp3) is 0.241. The summed E-state index contributed by atoms with van der Waals surface area (Å²) >= 11 is 6.26. The van der Waals surface area contributed by atoms with E-state index in [1.165, 1.54) is 4.90 Å². The summed E-state index contributed by atoms with van der Waals surface area (Å²) in [6.07, 6.45) is -4.42. The van der Waals surface area contributed by atoms with Gasteiger partial charge in [-0.25, -0.2) is 9.69 Å². The first-order chi connectivity index (χ1) is 18.1. The van der Waals surface area contributed by atoms with Gasteiger partial charge in [0.1, 0.15) is 12.1 Å². The maximum atomic E-state index is 13.9. The number of hydrogen-bond acceptors (Lipinski definition) is 2. The molecule has 1 N–H and O–H groups in total. The Morgan fingerprint density at radius 1 is 1.00 bits per heavy atom. The molecule has 9 heteroatoms. The fourth-order valence-electron chi connectivity index (χ4n) is 5.57. The number of carbonyl (C=O) groups excluding carboxylic acids is 2. The number of hydrogen-bond donors (Lipinski definition) is 1. The van der Waals surface area contributed by atoms with Gasteiger partial charge < -0.3 is 4.98 Å². The van der Waals surface area contributed by atoms with E-state index in [9.17, 15) is 22.8 Å². The Bertz CT molecular complexity index is 1590. The van der Waals surface area contributed by atoms with Crippen molar-refractivity contribution >= 4 is 40.1 Å². The number of aromatic amines is 1. The number of halogens is 4. The van der Waals surface area contributed by atoms with E-state index in [0.29, 0.717) is 5.92 Å². The Kier molecular flexibility index (Phi) is 5.57. The minimum Gasteiger partial charge on any atom is -0.356 e. The van der Waals surface area contributed by atoms with E-state index >= 15 is 0 Å². The van der Waals surface area contributed by atoms with Gasteiger partial charge in [-0.1, -0.05) is 67.9 Å². The van der Waals surface area contributed by atoms with Gasteiger partial charge in [-0.3, -0.25) is 9.69 Å². The van der Waals surface area contributed by atoms with Crippen LogP contribution in [0, 0.1) is 0 Å². The van der Waals surface area contributed by atoms with Crippen molar-refractivity contribution in [2.24, 2.45) is 0 Å². The minimum absolute atomic E-state index is 0.110. The summed E-state index contributed by atoms with van der Waals surface area (Å²) in [7, 11) is 0. The first kappa shape index (κ1) is 24.6. The van der Waals surface area contributed by atoms with Crippen LogP contribution < -0.4 is 4.90 Å². The van der Waals surface area contributed by atoms with Crippen LogP contribution in [0.5, 0.6) is 0 Å². The van der Waals surface area contributed by atoms with E-state index in [4.69, 9.17) is 11.6 Å². The highest BCUT2D eigenvalue weighted by molar-refractivity contribution is 6.36. The van der Waals surface area contributed by atoms with E-state index in [0.717, 1.165) is 56.4 Å². The second kappa shape index (κ2) is 8.63. The van der Waals surface area contributed by atoms with Gasteiger partial charge in [0, 0.05) is 23.0 Å². The van der Waals surface area contributed by atoms with E-state index in [-0.39, 0.29) is 17.1 Å². The van der Waals surface area contributed by atoms with Crippen molar-refractivity contribution in [3.8, 4) is 0 Å². The predicted molar refractivity (Wildman–Crippen MR) is 139 cm³/mol. The first-order valence-corrected chi connectivity index (χ1v) is 12.7. The molecule has 0 spiro atoms. The van der Waals surface area contributed by atoms with Crippen molar-refractivity contribution < 1.29 is 22.8 Å². The average molecular weight is 538 g/mol. The number of rotatable bonds is 3. The third-order valence-electron chi connectivity index (χ3n) is 7.48. The molecule has 1 saturated heterocycles. The third-order valence-corrected chi connectivity index (χ3v) is 7.80. The molecule has 1 fully saturated rings. The number of nitrogens with zero attached hydrogens (tertiary/aromatic N) is 2. The Labute approximate surface area is 221 Å². The summed E-state index contributed by atoms with van der Waals surface area (Å²) in [6.45, 7) is 4.17. The van der Waals surface area contributed by atoms with E-state index in [1.54, 1.807) is 0 Å². The molecule has 5 nitrogen and oxygen atoms in total. The summed E-state index contributed by atoms with van der Waals surface area (Å²) in [6, 6.07) is 16.0. The number of aromatic nitrogens is 1. The molecule has 1 unspecified atom stereocenters. The number of para-hydroxylation sites is 1. The summed E-state index contributed by atoms with van der Waals surface area (Å²) in [5.74, 6) is -0.295. The molecule has 0 radical (unpaired) electrons. The molecule has 0 bridgehead atoms. The lowest BCUT2D eigenvalue weighted by atomic mass is 9.88. The molecule has 4 aromatic rings. The average Bonchev–Trinajstić information content (AvgIpc) is 3.37. The fourth-order valence-corrected chi connectivity index (χ4v) is 5.77. The van der Waals surface area contributed by atoms with E-state index in [2.05, 4.69) is 18.8 Å². The monoisotopic (exact) mass is 537 g/mol. The number of carbonyl (C=O) groups is 2. The molecule has 2 aliphatic heterocycles. The van der Waals surface area contributed by atoms with Gasteiger partial charge in [-0.2, -0.15) is 13.2 Å². The van der Waals surface area contributed by atoms with Crippen LogP contribution in [0.4, 0.5) is 23.7 Å². The van der Waals surface area contributed by atoms with Gasteiger partial charge in [0.05, 0.1) is 16.3 Å². The standard InChI is InChI=1S/C29H23ClF3N3O2/c1-15(2)16-7-9-17(10-8-16)26-25-20(19-5-3-4-6-22(19)34-25)14-24-27(37)36(28(38)35(24)26)23-13-18(29(31,32)33)11-12-21(23)30/h3-13,15,24,26,34H,14H2,1-2H3/t24-,26?/m0/s1. The molecule has 194 valence electrons.